The van der Waals surface area contributed by atoms with Gasteiger partial charge in [-0.25, -0.2) is 4.39 Å². The number of piperazine rings is 1. The highest BCUT2D eigenvalue weighted by molar-refractivity contribution is 5.46. The van der Waals surface area contributed by atoms with Crippen LogP contribution in [0.15, 0.2) is 24.3 Å². The van der Waals surface area contributed by atoms with Crippen LogP contribution >= 0.6 is 0 Å². The van der Waals surface area contributed by atoms with E-state index in [1.807, 2.05) is 19.2 Å². The number of hydrogen-bond acceptors (Lipinski definition) is 4. The third-order valence-electron chi connectivity index (χ3n) is 3.82. The van der Waals surface area contributed by atoms with E-state index in [2.05, 4.69) is 15.1 Å². The Morgan fingerprint density at radius 2 is 1.85 bits per heavy atom. The topological polar surface area (TPSA) is 27.7 Å². The zero-order chi connectivity index (χ0) is 14.4. The van der Waals surface area contributed by atoms with Crippen LogP contribution in [0.3, 0.4) is 0 Å². The molecule has 0 saturated carbocycles. The molecule has 20 heavy (non-hydrogen) atoms. The number of methoxy groups -OCH3 is 1. The Hall–Kier alpha value is -1.17. The van der Waals surface area contributed by atoms with Crippen LogP contribution in [0.2, 0.25) is 0 Å². The highest BCUT2D eigenvalue weighted by Gasteiger charge is 2.23. The van der Waals surface area contributed by atoms with Gasteiger partial charge in [0.25, 0.3) is 0 Å². The number of ether oxygens (including phenoxy) is 1. The zero-order valence-corrected chi connectivity index (χ0v) is 12.3. The molecule has 1 atom stereocenters. The Bertz CT molecular complexity index is 385. The summed E-state index contributed by atoms with van der Waals surface area (Å²) in [6.45, 7) is 5.63. The highest BCUT2D eigenvalue weighted by atomic mass is 19.1. The number of hydrogen-bond donors (Lipinski definition) is 1. The summed E-state index contributed by atoms with van der Waals surface area (Å²) in [5.41, 5.74) is 1.10. The molecule has 5 heteroatoms. The molecule has 4 nitrogen and oxygen atoms in total. The van der Waals surface area contributed by atoms with Crippen molar-refractivity contribution in [2.24, 2.45) is 0 Å². The molecule has 0 spiro atoms. The molecule has 1 aliphatic rings. The van der Waals surface area contributed by atoms with Crippen molar-refractivity contribution in [3.05, 3.63) is 30.1 Å². The number of halogens is 1. The first kappa shape index (κ1) is 15.2. The summed E-state index contributed by atoms with van der Waals surface area (Å²) >= 11 is 0. The third-order valence-corrected chi connectivity index (χ3v) is 3.82. The van der Waals surface area contributed by atoms with Crippen LogP contribution in [-0.4, -0.2) is 64.4 Å². The van der Waals surface area contributed by atoms with Gasteiger partial charge in [-0.1, -0.05) is 0 Å². The Morgan fingerprint density at radius 3 is 2.40 bits per heavy atom. The van der Waals surface area contributed by atoms with Crippen molar-refractivity contribution in [3.63, 3.8) is 0 Å². The minimum Gasteiger partial charge on any atom is -0.383 e. The van der Waals surface area contributed by atoms with Gasteiger partial charge in [0.15, 0.2) is 0 Å². The van der Waals surface area contributed by atoms with E-state index in [4.69, 9.17) is 4.74 Å². The molecule has 0 bridgehead atoms. The van der Waals surface area contributed by atoms with Crippen molar-refractivity contribution in [3.8, 4) is 0 Å². The first-order valence-corrected chi connectivity index (χ1v) is 7.12. The van der Waals surface area contributed by atoms with Gasteiger partial charge in [0.1, 0.15) is 5.82 Å². The van der Waals surface area contributed by atoms with Crippen molar-refractivity contribution in [1.29, 1.82) is 0 Å². The van der Waals surface area contributed by atoms with E-state index in [9.17, 15) is 4.39 Å². The number of anilines is 1. The van der Waals surface area contributed by atoms with E-state index < -0.39 is 0 Å². The van der Waals surface area contributed by atoms with Gasteiger partial charge >= 0.3 is 0 Å². The molecule has 0 amide bonds. The first-order valence-electron chi connectivity index (χ1n) is 7.12. The Kier molecular flexibility index (Phi) is 5.76. The molecule has 1 N–H and O–H groups in total. The van der Waals surface area contributed by atoms with Crippen LogP contribution in [0.1, 0.15) is 0 Å². The van der Waals surface area contributed by atoms with Gasteiger partial charge in [-0.2, -0.15) is 0 Å². The molecule has 1 aliphatic heterocycles. The molecule has 1 aromatic rings. The maximum absolute atomic E-state index is 12.9. The SMILES string of the molecule is CNCC(COC)N1CCN(c2ccc(F)cc2)CC1. The normalized spacial score (nSPS) is 18.2. The predicted molar refractivity (Wildman–Crippen MR) is 79.8 cm³/mol. The molecule has 1 aromatic carbocycles. The lowest BCUT2D eigenvalue weighted by Crippen LogP contribution is -2.54. The van der Waals surface area contributed by atoms with Gasteiger partial charge in [-0.15, -0.1) is 0 Å². The Labute approximate surface area is 120 Å². The molecule has 1 fully saturated rings. The third kappa shape index (κ3) is 3.91. The van der Waals surface area contributed by atoms with E-state index in [0.29, 0.717) is 6.04 Å². The molecule has 0 aromatic heterocycles. The maximum Gasteiger partial charge on any atom is 0.123 e. The lowest BCUT2D eigenvalue weighted by molar-refractivity contribution is 0.0862. The average Bonchev–Trinajstić information content (AvgIpc) is 2.48. The Morgan fingerprint density at radius 1 is 1.20 bits per heavy atom. The second kappa shape index (κ2) is 7.57. The van der Waals surface area contributed by atoms with Crippen LogP contribution in [0.25, 0.3) is 0 Å². The second-order valence-electron chi connectivity index (χ2n) is 5.17. The minimum absolute atomic E-state index is 0.179. The van der Waals surface area contributed by atoms with Crippen molar-refractivity contribution < 1.29 is 9.13 Å². The van der Waals surface area contributed by atoms with Gasteiger partial charge in [-0.05, 0) is 31.3 Å². The van der Waals surface area contributed by atoms with E-state index >= 15 is 0 Å². The summed E-state index contributed by atoms with van der Waals surface area (Å²) in [7, 11) is 3.72. The van der Waals surface area contributed by atoms with E-state index in [-0.39, 0.29) is 5.82 Å². The average molecular weight is 281 g/mol. The fourth-order valence-corrected chi connectivity index (χ4v) is 2.72. The summed E-state index contributed by atoms with van der Waals surface area (Å²) in [6.07, 6.45) is 0. The van der Waals surface area contributed by atoms with Crippen molar-refractivity contribution in [2.45, 2.75) is 6.04 Å². The molecule has 0 aliphatic carbocycles. The lowest BCUT2D eigenvalue weighted by Gasteiger charge is -2.40. The van der Waals surface area contributed by atoms with Crippen LogP contribution in [0.4, 0.5) is 10.1 Å². The zero-order valence-electron chi connectivity index (χ0n) is 12.3. The summed E-state index contributed by atoms with van der Waals surface area (Å²) < 4.78 is 18.2. The van der Waals surface area contributed by atoms with Crippen LogP contribution in [0, 0.1) is 5.82 Å². The molecule has 0 radical (unpaired) electrons. The largest absolute Gasteiger partial charge is 0.383 e. The fraction of sp³-hybridized carbons (Fsp3) is 0.600. The number of benzene rings is 1. The standard InChI is InChI=1S/C15H24FN3O/c1-17-11-15(12-20-2)19-9-7-18(8-10-19)14-5-3-13(16)4-6-14/h3-6,15,17H,7-12H2,1-2H3. The summed E-state index contributed by atoms with van der Waals surface area (Å²) in [4.78, 5) is 4.76. The van der Waals surface area contributed by atoms with E-state index in [1.54, 1.807) is 7.11 Å². The van der Waals surface area contributed by atoms with Gasteiger partial charge in [0.05, 0.1) is 6.61 Å². The van der Waals surface area contributed by atoms with Gasteiger partial charge < -0.3 is 15.0 Å². The summed E-state index contributed by atoms with van der Waals surface area (Å²) in [5.74, 6) is -0.179. The molecule has 112 valence electrons. The quantitative estimate of drug-likeness (QED) is 0.847. The van der Waals surface area contributed by atoms with Crippen LogP contribution in [-0.2, 0) is 4.74 Å². The van der Waals surface area contributed by atoms with Crippen molar-refractivity contribution in [1.82, 2.24) is 10.2 Å². The number of likely N-dealkylation sites (N-methyl/N-ethyl adjacent to an activating group) is 1. The van der Waals surface area contributed by atoms with Crippen LogP contribution in [0.5, 0.6) is 0 Å². The molecule has 2 rings (SSSR count). The smallest absolute Gasteiger partial charge is 0.123 e. The first-order chi connectivity index (χ1) is 9.74. The summed E-state index contributed by atoms with van der Waals surface area (Å²) in [5, 5.41) is 3.22. The predicted octanol–water partition coefficient (Wildman–Crippen LogP) is 1.18. The van der Waals surface area contributed by atoms with Crippen LogP contribution < -0.4 is 10.2 Å². The Balaban J connectivity index is 1.89. The maximum atomic E-state index is 12.9. The van der Waals surface area contributed by atoms with Gasteiger partial charge in [-0.3, -0.25) is 4.90 Å². The molecule has 1 unspecified atom stereocenters. The molecule has 1 heterocycles. The number of rotatable bonds is 6. The lowest BCUT2D eigenvalue weighted by atomic mass is 10.2. The molecular weight excluding hydrogens is 257 g/mol. The highest BCUT2D eigenvalue weighted by Crippen LogP contribution is 2.17. The second-order valence-corrected chi connectivity index (χ2v) is 5.17. The van der Waals surface area contributed by atoms with E-state index in [0.717, 1.165) is 45.0 Å². The summed E-state index contributed by atoms with van der Waals surface area (Å²) in [6, 6.07) is 7.17. The van der Waals surface area contributed by atoms with Crippen molar-refractivity contribution >= 4 is 5.69 Å². The number of nitrogens with zero attached hydrogens (tertiary/aromatic N) is 2. The van der Waals surface area contributed by atoms with E-state index in [1.165, 1.54) is 12.1 Å². The monoisotopic (exact) mass is 281 g/mol. The van der Waals surface area contributed by atoms with Crippen molar-refractivity contribution in [2.75, 3.05) is 58.4 Å². The van der Waals surface area contributed by atoms with Gasteiger partial charge in [0, 0.05) is 51.6 Å². The van der Waals surface area contributed by atoms with Gasteiger partial charge in [0.2, 0.25) is 0 Å². The molecule has 1 saturated heterocycles. The minimum atomic E-state index is -0.179. The molecular formula is C15H24FN3O. The number of nitrogens with one attached hydrogen (secondary N) is 1. The fourth-order valence-electron chi connectivity index (χ4n) is 2.72.